The van der Waals surface area contributed by atoms with Crippen LogP contribution in [-0.2, 0) is 23.1 Å². The second-order valence-electron chi connectivity index (χ2n) is 11.8. The molecule has 0 aliphatic carbocycles. The van der Waals surface area contributed by atoms with Crippen LogP contribution in [0.25, 0.3) is 11.2 Å². The van der Waals surface area contributed by atoms with E-state index in [-0.39, 0.29) is 30.3 Å². The molecule has 0 aromatic carbocycles. The largest absolute Gasteiger partial charge is 0.463 e. The van der Waals surface area contributed by atoms with Gasteiger partial charge in [0.05, 0.1) is 19.0 Å². The number of hydrogen-bond acceptors (Lipinski definition) is 10. The Kier molecular flexibility index (Phi) is 11.6. The standard InChI is InChI=1S/C30H52N6O5Si2/c1-8-38-24(37)16-15-22-19-35(22)18-17-23-26(40-42(9-2,10-3)11-4)27(41-43(12-5,13-6)14-7)30(39-23)36-21-34-25-28(31)32-20-33-29(25)36/h15-16,20-23,26-27,30H,8-14,17-19H2,1-7H3,(H2,31,32,33)/b16-15+/t22?,23-,26-,27-,30-,35?/m1/s1. The lowest BCUT2D eigenvalue weighted by molar-refractivity contribution is -0.137. The zero-order chi connectivity index (χ0) is 31.2. The summed E-state index contributed by atoms with van der Waals surface area (Å²) in [7, 11) is -4.09. The van der Waals surface area contributed by atoms with Crippen molar-refractivity contribution >= 4 is 39.6 Å². The molecule has 2 N–H and O–H groups in total. The monoisotopic (exact) mass is 632 g/mol. The van der Waals surface area contributed by atoms with Crippen molar-refractivity contribution < 1.29 is 23.1 Å². The van der Waals surface area contributed by atoms with Crippen LogP contribution in [0.3, 0.4) is 0 Å². The smallest absolute Gasteiger partial charge is 0.330 e. The summed E-state index contributed by atoms with van der Waals surface area (Å²) in [6.45, 7) is 17.5. The van der Waals surface area contributed by atoms with E-state index in [1.54, 1.807) is 6.33 Å². The third-order valence-corrected chi connectivity index (χ3v) is 19.1. The van der Waals surface area contributed by atoms with Crippen molar-refractivity contribution in [3.63, 3.8) is 0 Å². The second-order valence-corrected chi connectivity index (χ2v) is 21.2. The number of fused-ring (bicyclic) bond motifs is 1. The van der Waals surface area contributed by atoms with Crippen LogP contribution in [0.4, 0.5) is 5.82 Å². The van der Waals surface area contributed by atoms with Gasteiger partial charge in [0.2, 0.25) is 0 Å². The number of ether oxygens (including phenoxy) is 2. The summed E-state index contributed by atoms with van der Waals surface area (Å²) in [6, 6.07) is 6.46. The Morgan fingerprint density at radius 2 is 1.60 bits per heavy atom. The van der Waals surface area contributed by atoms with Crippen molar-refractivity contribution in [1.82, 2.24) is 24.4 Å². The average molecular weight is 633 g/mol. The maximum Gasteiger partial charge on any atom is 0.330 e. The van der Waals surface area contributed by atoms with Gasteiger partial charge >= 0.3 is 5.97 Å². The first kappa shape index (κ1) is 33.7. The molecular weight excluding hydrogens is 581 g/mol. The molecule has 6 atom stereocenters. The van der Waals surface area contributed by atoms with Gasteiger partial charge in [0.25, 0.3) is 0 Å². The number of aromatic nitrogens is 4. The molecule has 4 rings (SSSR count). The number of nitrogens with two attached hydrogens (primary N) is 1. The number of esters is 1. The molecule has 0 spiro atoms. The summed E-state index contributed by atoms with van der Waals surface area (Å²) in [5.74, 6) is 0.0537. The van der Waals surface area contributed by atoms with Crippen molar-refractivity contribution in [1.29, 1.82) is 0 Å². The minimum Gasteiger partial charge on any atom is -0.463 e. The van der Waals surface area contributed by atoms with Gasteiger partial charge in [0, 0.05) is 25.2 Å². The highest BCUT2D eigenvalue weighted by molar-refractivity contribution is 6.74. The van der Waals surface area contributed by atoms with Gasteiger partial charge in [-0.25, -0.2) is 19.7 Å². The molecule has 4 heterocycles. The lowest BCUT2D eigenvalue weighted by atomic mass is 10.1. The fourth-order valence-electron chi connectivity index (χ4n) is 6.37. The maximum atomic E-state index is 11.8. The highest BCUT2D eigenvalue weighted by Gasteiger charge is 2.53. The van der Waals surface area contributed by atoms with Gasteiger partial charge in [-0.1, -0.05) is 47.6 Å². The number of carbonyl (C=O) groups is 1. The zero-order valence-electron chi connectivity index (χ0n) is 27.1. The molecule has 43 heavy (non-hydrogen) atoms. The first-order valence-corrected chi connectivity index (χ1v) is 21.3. The predicted octanol–water partition coefficient (Wildman–Crippen LogP) is 5.28. The summed E-state index contributed by atoms with van der Waals surface area (Å²) >= 11 is 0. The van der Waals surface area contributed by atoms with Crippen molar-refractivity contribution in [2.45, 2.75) is 122 Å². The lowest BCUT2D eigenvalue weighted by Gasteiger charge is -2.39. The van der Waals surface area contributed by atoms with Gasteiger partial charge in [0.15, 0.2) is 34.3 Å². The minimum absolute atomic E-state index is 0.171. The van der Waals surface area contributed by atoms with Crippen LogP contribution in [-0.4, -0.2) is 91.1 Å². The summed E-state index contributed by atoms with van der Waals surface area (Å²) in [5, 5.41) is 0. The van der Waals surface area contributed by atoms with Gasteiger partial charge in [0.1, 0.15) is 24.1 Å². The van der Waals surface area contributed by atoms with Crippen LogP contribution in [0.5, 0.6) is 0 Å². The van der Waals surface area contributed by atoms with E-state index < -0.39 is 22.9 Å². The quantitative estimate of drug-likeness (QED) is 0.107. The maximum absolute atomic E-state index is 11.8. The first-order chi connectivity index (χ1) is 20.7. The lowest BCUT2D eigenvalue weighted by Crippen LogP contribution is -2.51. The Balaban J connectivity index is 1.67. The number of imidazole rings is 1. The fraction of sp³-hybridized carbons (Fsp3) is 0.733. The van der Waals surface area contributed by atoms with Gasteiger partial charge in [-0.3, -0.25) is 9.47 Å². The van der Waals surface area contributed by atoms with Crippen molar-refractivity contribution in [2.24, 2.45) is 0 Å². The van der Waals surface area contributed by atoms with E-state index in [1.807, 2.05) is 17.6 Å². The summed E-state index contributed by atoms with van der Waals surface area (Å²) in [5.41, 5.74) is 7.38. The molecule has 2 fully saturated rings. The van der Waals surface area contributed by atoms with Gasteiger partial charge < -0.3 is 24.1 Å². The van der Waals surface area contributed by atoms with Gasteiger partial charge in [-0.2, -0.15) is 0 Å². The van der Waals surface area contributed by atoms with Crippen LogP contribution in [0.1, 0.15) is 61.1 Å². The third kappa shape index (κ3) is 7.39. The highest BCUT2D eigenvalue weighted by Crippen LogP contribution is 2.42. The topological polar surface area (TPSA) is 127 Å². The predicted molar refractivity (Wildman–Crippen MR) is 174 cm³/mol. The molecule has 2 aliphatic heterocycles. The summed E-state index contributed by atoms with van der Waals surface area (Å²) in [4.78, 5) is 27.4. The second kappa shape index (κ2) is 14.7. The number of carbonyl (C=O) groups excluding carboxylic acids is 1. The minimum atomic E-state index is -2.06. The molecule has 2 aliphatic rings. The van der Waals surface area contributed by atoms with E-state index in [2.05, 4.69) is 61.4 Å². The van der Waals surface area contributed by atoms with Crippen molar-refractivity contribution in [2.75, 3.05) is 25.4 Å². The van der Waals surface area contributed by atoms with E-state index in [0.717, 1.165) is 55.8 Å². The Labute approximate surface area is 258 Å². The summed E-state index contributed by atoms with van der Waals surface area (Å²) in [6.07, 6.45) is 6.37. The van der Waals surface area contributed by atoms with E-state index in [0.29, 0.717) is 23.6 Å². The molecule has 0 amide bonds. The number of nitrogens with zero attached hydrogens (tertiary/aromatic N) is 5. The molecule has 0 saturated carbocycles. The number of hydrogen-bond donors (Lipinski definition) is 1. The van der Waals surface area contributed by atoms with E-state index in [1.165, 1.54) is 12.4 Å². The average Bonchev–Trinajstić information content (AvgIpc) is 3.51. The first-order valence-electron chi connectivity index (χ1n) is 16.3. The molecule has 0 bridgehead atoms. The van der Waals surface area contributed by atoms with Gasteiger partial charge in [-0.05, 0) is 49.6 Å². The number of nitrogen functional groups attached to an aromatic ring is 1. The fourth-order valence-corrected chi connectivity index (χ4v) is 12.1. The highest BCUT2D eigenvalue weighted by atomic mass is 28.4. The Hall–Kier alpha value is -2.17. The zero-order valence-corrected chi connectivity index (χ0v) is 29.1. The van der Waals surface area contributed by atoms with Crippen LogP contribution in [0, 0.1) is 0 Å². The molecule has 13 heteroatoms. The molecule has 2 aromatic rings. The summed E-state index contributed by atoms with van der Waals surface area (Å²) < 4.78 is 28.7. The molecule has 11 nitrogen and oxygen atoms in total. The van der Waals surface area contributed by atoms with Crippen LogP contribution >= 0.6 is 0 Å². The van der Waals surface area contributed by atoms with Crippen LogP contribution in [0.15, 0.2) is 24.8 Å². The molecule has 2 unspecified atom stereocenters. The number of anilines is 1. The molecule has 2 saturated heterocycles. The van der Waals surface area contributed by atoms with Crippen LogP contribution in [0.2, 0.25) is 36.3 Å². The Bertz CT molecular complexity index is 1220. The SMILES string of the molecule is CCOC(=O)/C=C/C1CN1CC[C@H]1O[C@@H](n2cnc3c(N)ncnc32)[C@H](O[Si](CC)(CC)CC)[C@@H]1O[Si](CC)(CC)CC. The van der Waals surface area contributed by atoms with Crippen molar-refractivity contribution in [3.05, 3.63) is 24.8 Å². The number of rotatable bonds is 17. The molecule has 0 radical (unpaired) electrons. The van der Waals surface area contributed by atoms with E-state index in [4.69, 9.17) is 24.1 Å². The van der Waals surface area contributed by atoms with E-state index >= 15 is 0 Å². The molecule has 2 aromatic heterocycles. The van der Waals surface area contributed by atoms with Gasteiger partial charge in [-0.15, -0.1) is 0 Å². The molecular formula is C30H52N6O5Si2. The Morgan fingerprint density at radius 3 is 2.21 bits per heavy atom. The normalized spacial score (nSPS) is 26.0. The molecule has 240 valence electrons. The third-order valence-electron chi connectivity index (χ3n) is 9.78. The van der Waals surface area contributed by atoms with Crippen LogP contribution < -0.4 is 5.73 Å². The van der Waals surface area contributed by atoms with E-state index in [9.17, 15) is 4.79 Å². The van der Waals surface area contributed by atoms with Crippen molar-refractivity contribution in [3.8, 4) is 0 Å². The Morgan fingerprint density at radius 1 is 0.977 bits per heavy atom.